The average molecular weight is 306 g/mol. The monoisotopic (exact) mass is 305 g/mol. The Morgan fingerprint density at radius 2 is 2.00 bits per heavy atom. The van der Waals surface area contributed by atoms with E-state index >= 15 is 0 Å². The summed E-state index contributed by atoms with van der Waals surface area (Å²) in [6.45, 7) is 1.65. The van der Waals surface area contributed by atoms with Crippen LogP contribution < -0.4 is 16.2 Å². The number of halogens is 1. The lowest BCUT2D eigenvalue weighted by Gasteiger charge is -2.17. The second-order valence-electron chi connectivity index (χ2n) is 4.74. The number of nitrogen functional groups attached to an aromatic ring is 1. The van der Waals surface area contributed by atoms with E-state index < -0.39 is 5.56 Å². The maximum Gasteiger partial charge on any atom is 0.286 e. The van der Waals surface area contributed by atoms with Crippen molar-refractivity contribution in [1.29, 1.82) is 0 Å². The van der Waals surface area contributed by atoms with Crippen molar-refractivity contribution in [1.82, 2.24) is 9.55 Å². The van der Waals surface area contributed by atoms with Crippen LogP contribution in [0.25, 0.3) is 0 Å². The van der Waals surface area contributed by atoms with Crippen molar-refractivity contribution in [3.05, 3.63) is 50.1 Å². The summed E-state index contributed by atoms with van der Waals surface area (Å²) in [6, 6.07) is 7.43. The second kappa shape index (κ2) is 5.17. The number of nitroso groups, excluding NO2 is 1. The molecule has 1 aromatic carbocycles. The zero-order chi connectivity index (χ0) is 15.0. The van der Waals surface area contributed by atoms with Crippen molar-refractivity contribution < 1.29 is 0 Å². The standard InChI is InChI=1S/C13H12ClN5O2/c14-9-3-1-8(2-4-9)7-18-5-6-19-12(20)10(17-21)11(15)16-13(18)19/h1-4H,5-7,15H2. The maximum atomic E-state index is 12.1. The van der Waals surface area contributed by atoms with E-state index in [4.69, 9.17) is 17.3 Å². The topological polar surface area (TPSA) is 93.6 Å². The Labute approximate surface area is 124 Å². The van der Waals surface area contributed by atoms with Gasteiger partial charge in [0.15, 0.2) is 5.82 Å². The summed E-state index contributed by atoms with van der Waals surface area (Å²) in [5.41, 5.74) is 5.84. The molecule has 2 aromatic rings. The molecule has 0 unspecified atom stereocenters. The number of nitrogens with zero attached hydrogens (tertiary/aromatic N) is 4. The molecule has 0 atom stereocenters. The summed E-state index contributed by atoms with van der Waals surface area (Å²) < 4.78 is 1.42. The molecule has 0 radical (unpaired) electrons. The summed E-state index contributed by atoms with van der Waals surface area (Å²) >= 11 is 5.86. The van der Waals surface area contributed by atoms with E-state index in [9.17, 15) is 9.70 Å². The summed E-state index contributed by atoms with van der Waals surface area (Å²) in [5, 5.41) is 3.33. The van der Waals surface area contributed by atoms with E-state index in [0.29, 0.717) is 30.6 Å². The third-order valence-corrected chi connectivity index (χ3v) is 3.66. The highest BCUT2D eigenvalue weighted by Gasteiger charge is 2.25. The van der Waals surface area contributed by atoms with Gasteiger partial charge in [-0.3, -0.25) is 9.36 Å². The minimum absolute atomic E-state index is 0.135. The molecule has 0 bridgehead atoms. The van der Waals surface area contributed by atoms with E-state index in [1.54, 1.807) is 12.1 Å². The highest BCUT2D eigenvalue weighted by Crippen LogP contribution is 2.24. The second-order valence-corrected chi connectivity index (χ2v) is 5.18. The highest BCUT2D eigenvalue weighted by molar-refractivity contribution is 6.30. The summed E-state index contributed by atoms with van der Waals surface area (Å²) in [6.07, 6.45) is 0. The van der Waals surface area contributed by atoms with Crippen LogP contribution in [0.5, 0.6) is 0 Å². The first kappa shape index (κ1) is 13.6. The first-order valence-corrected chi connectivity index (χ1v) is 6.71. The average Bonchev–Trinajstić information content (AvgIpc) is 2.85. The van der Waals surface area contributed by atoms with Gasteiger partial charge in [0.05, 0.1) is 0 Å². The van der Waals surface area contributed by atoms with E-state index in [1.807, 2.05) is 17.0 Å². The molecule has 0 spiro atoms. The van der Waals surface area contributed by atoms with Crippen LogP contribution in [0.3, 0.4) is 0 Å². The van der Waals surface area contributed by atoms with Crippen molar-refractivity contribution in [2.45, 2.75) is 13.1 Å². The van der Waals surface area contributed by atoms with Crippen LogP contribution in [-0.2, 0) is 13.1 Å². The van der Waals surface area contributed by atoms with Gasteiger partial charge in [0.2, 0.25) is 11.6 Å². The molecule has 108 valence electrons. The quantitative estimate of drug-likeness (QED) is 0.874. The van der Waals surface area contributed by atoms with Crippen LogP contribution in [-0.4, -0.2) is 16.1 Å². The number of benzene rings is 1. The Bertz CT molecular complexity index is 756. The maximum absolute atomic E-state index is 12.1. The van der Waals surface area contributed by atoms with Crippen LogP contribution in [0.15, 0.2) is 34.2 Å². The van der Waals surface area contributed by atoms with Crippen LogP contribution >= 0.6 is 11.6 Å². The number of anilines is 2. The molecule has 8 heteroatoms. The normalized spacial score (nSPS) is 13.3. The molecule has 1 aliphatic rings. The van der Waals surface area contributed by atoms with E-state index in [-0.39, 0.29) is 11.5 Å². The van der Waals surface area contributed by atoms with E-state index in [1.165, 1.54) is 4.57 Å². The lowest BCUT2D eigenvalue weighted by Crippen LogP contribution is -2.23. The zero-order valence-electron chi connectivity index (χ0n) is 11.0. The summed E-state index contributed by atoms with van der Waals surface area (Å²) in [4.78, 5) is 28.8. The van der Waals surface area contributed by atoms with Crippen molar-refractivity contribution in [2.24, 2.45) is 5.18 Å². The molecule has 2 heterocycles. The fourth-order valence-electron chi connectivity index (χ4n) is 2.36. The number of rotatable bonds is 3. The van der Waals surface area contributed by atoms with Gasteiger partial charge in [-0.05, 0) is 22.9 Å². The number of fused-ring (bicyclic) bond motifs is 1. The lowest BCUT2D eigenvalue weighted by atomic mass is 10.2. The van der Waals surface area contributed by atoms with Gasteiger partial charge in [0.1, 0.15) is 0 Å². The van der Waals surface area contributed by atoms with Crippen molar-refractivity contribution in [3.63, 3.8) is 0 Å². The minimum atomic E-state index is -0.494. The molecule has 3 rings (SSSR count). The van der Waals surface area contributed by atoms with Crippen LogP contribution in [0.1, 0.15) is 5.56 Å². The van der Waals surface area contributed by atoms with Crippen molar-refractivity contribution in [2.75, 3.05) is 17.2 Å². The van der Waals surface area contributed by atoms with Crippen LogP contribution in [0, 0.1) is 4.91 Å². The highest BCUT2D eigenvalue weighted by atomic mass is 35.5. The fourth-order valence-corrected chi connectivity index (χ4v) is 2.48. The van der Waals surface area contributed by atoms with E-state index in [2.05, 4.69) is 10.2 Å². The summed E-state index contributed by atoms with van der Waals surface area (Å²) in [7, 11) is 0. The number of hydrogen-bond donors (Lipinski definition) is 1. The first-order chi connectivity index (χ1) is 10.1. The van der Waals surface area contributed by atoms with Gasteiger partial charge >= 0.3 is 0 Å². The largest absolute Gasteiger partial charge is 0.382 e. The third-order valence-electron chi connectivity index (χ3n) is 3.41. The first-order valence-electron chi connectivity index (χ1n) is 6.33. The molecule has 0 amide bonds. The molecule has 0 fully saturated rings. The Morgan fingerprint density at radius 3 is 2.67 bits per heavy atom. The van der Waals surface area contributed by atoms with Crippen molar-refractivity contribution >= 4 is 29.1 Å². The van der Waals surface area contributed by atoms with Crippen LogP contribution in [0.2, 0.25) is 5.02 Å². The van der Waals surface area contributed by atoms with Gasteiger partial charge in [0, 0.05) is 24.7 Å². The smallest absolute Gasteiger partial charge is 0.286 e. The molecule has 0 saturated carbocycles. The minimum Gasteiger partial charge on any atom is -0.382 e. The molecule has 21 heavy (non-hydrogen) atoms. The fraction of sp³-hybridized carbons (Fsp3) is 0.231. The Hall–Kier alpha value is -2.41. The molecule has 0 saturated heterocycles. The molecule has 1 aliphatic heterocycles. The molecule has 1 aromatic heterocycles. The Morgan fingerprint density at radius 1 is 1.29 bits per heavy atom. The molecule has 7 nitrogen and oxygen atoms in total. The van der Waals surface area contributed by atoms with Gasteiger partial charge in [0.25, 0.3) is 5.56 Å². The molecule has 0 aliphatic carbocycles. The third kappa shape index (κ3) is 2.36. The number of aromatic nitrogens is 2. The van der Waals surface area contributed by atoms with Crippen molar-refractivity contribution in [3.8, 4) is 0 Å². The van der Waals surface area contributed by atoms with Gasteiger partial charge in [-0.25, -0.2) is 0 Å². The Kier molecular flexibility index (Phi) is 3.34. The van der Waals surface area contributed by atoms with Gasteiger partial charge in [-0.1, -0.05) is 23.7 Å². The van der Waals surface area contributed by atoms with Gasteiger partial charge < -0.3 is 10.6 Å². The molecular formula is C13H12ClN5O2. The predicted molar refractivity (Wildman–Crippen MR) is 80.9 cm³/mol. The lowest BCUT2D eigenvalue weighted by molar-refractivity contribution is 0.749. The number of hydrogen-bond acceptors (Lipinski definition) is 6. The van der Waals surface area contributed by atoms with Crippen LogP contribution in [0.4, 0.5) is 17.5 Å². The molecular weight excluding hydrogens is 294 g/mol. The van der Waals surface area contributed by atoms with E-state index in [0.717, 1.165) is 5.56 Å². The predicted octanol–water partition coefficient (Wildman–Crippen LogP) is 1.90. The SMILES string of the molecule is Nc1nc2n(c(=O)c1N=O)CCN2Cc1ccc(Cl)cc1. The number of nitrogens with two attached hydrogens (primary N) is 1. The summed E-state index contributed by atoms with van der Waals surface area (Å²) in [5.74, 6) is 0.323. The molecule has 2 N–H and O–H groups in total. The van der Waals surface area contributed by atoms with Gasteiger partial charge in [-0.2, -0.15) is 4.98 Å². The zero-order valence-corrected chi connectivity index (χ0v) is 11.7. The van der Waals surface area contributed by atoms with Gasteiger partial charge in [-0.15, -0.1) is 4.91 Å². The Balaban J connectivity index is 1.95.